The second-order valence-electron chi connectivity index (χ2n) is 12.7. The first-order valence-electron chi connectivity index (χ1n) is 15.0. The Hall–Kier alpha value is -1.82. The zero-order valence-electron chi connectivity index (χ0n) is 25.2. The third-order valence-electron chi connectivity index (χ3n) is 9.25. The lowest BCUT2D eigenvalue weighted by Crippen LogP contribution is -2.71. The summed E-state index contributed by atoms with van der Waals surface area (Å²) in [7, 11) is 1.52. The second-order valence-corrected chi connectivity index (χ2v) is 12.7. The molecule has 2 saturated carbocycles. The number of aliphatic hydroxyl groups is 8. The molecule has 2 aliphatic carbocycles. The number of ether oxygens (including phenoxy) is 3. The number of hydrogen-bond acceptors (Lipinski definition) is 16. The van der Waals surface area contributed by atoms with Crippen LogP contribution in [-0.2, 0) is 19.0 Å². The fourth-order valence-electron chi connectivity index (χ4n) is 6.67. The Morgan fingerprint density at radius 1 is 1.07 bits per heavy atom. The van der Waals surface area contributed by atoms with Gasteiger partial charge in [-0.15, -0.1) is 0 Å². The molecule has 2 heterocycles. The van der Waals surface area contributed by atoms with Gasteiger partial charge in [-0.2, -0.15) is 0 Å². The van der Waals surface area contributed by atoms with Gasteiger partial charge in [0.1, 0.15) is 36.1 Å². The zero-order chi connectivity index (χ0) is 33.4. The van der Waals surface area contributed by atoms with E-state index in [9.17, 15) is 40.5 Å². The summed E-state index contributed by atoms with van der Waals surface area (Å²) in [6.07, 6.45) is -13.4. The third kappa shape index (κ3) is 7.36. The van der Waals surface area contributed by atoms with Crippen molar-refractivity contribution in [1.82, 2.24) is 16.0 Å². The van der Waals surface area contributed by atoms with Gasteiger partial charge in [-0.1, -0.05) is 0 Å². The normalized spacial score (nSPS) is 48.4. The van der Waals surface area contributed by atoms with Crippen LogP contribution in [0, 0.1) is 5.92 Å². The summed E-state index contributed by atoms with van der Waals surface area (Å²) in [6.45, 7) is 1.15. The molecule has 260 valence electrons. The van der Waals surface area contributed by atoms with Gasteiger partial charge in [-0.05, 0) is 20.4 Å². The lowest BCUT2D eigenvalue weighted by molar-refractivity contribution is -0.303. The highest BCUT2D eigenvalue weighted by molar-refractivity contribution is 5.90. The van der Waals surface area contributed by atoms with Gasteiger partial charge >= 0.3 is 0 Å². The molecule has 2 aliphatic heterocycles. The molecular formula is C26H49N7O12. The minimum absolute atomic E-state index is 0.0122. The molecule has 17 N–H and O–H groups in total. The number of aliphatic imine (C=N–C) groups is 1. The average molecular weight is 652 g/mol. The number of carbonyl (C=O) groups excluding carboxylic acids is 1. The number of amides is 1. The first-order valence-corrected chi connectivity index (χ1v) is 15.0. The van der Waals surface area contributed by atoms with E-state index in [1.807, 2.05) is 0 Å². The Bertz CT molecular complexity index is 1060. The summed E-state index contributed by atoms with van der Waals surface area (Å²) in [6, 6.07) is -3.90. The molecule has 3 unspecified atom stereocenters. The molecule has 19 heteroatoms. The summed E-state index contributed by atoms with van der Waals surface area (Å²) in [5, 5.41) is 93.8. The van der Waals surface area contributed by atoms with Crippen LogP contribution in [0.1, 0.15) is 19.8 Å². The fourth-order valence-corrected chi connectivity index (χ4v) is 6.67. The lowest BCUT2D eigenvalue weighted by Gasteiger charge is -2.52. The monoisotopic (exact) mass is 651 g/mol. The molecule has 2 saturated heterocycles. The Morgan fingerprint density at radius 2 is 1.76 bits per heavy atom. The molecule has 0 radical (unpaired) electrons. The maximum absolute atomic E-state index is 13.2. The molecule has 0 spiro atoms. The van der Waals surface area contributed by atoms with Gasteiger partial charge in [0, 0.05) is 31.5 Å². The molecule has 1 amide bonds. The summed E-state index contributed by atoms with van der Waals surface area (Å²) in [5.74, 6) is -2.33. The molecule has 0 aromatic heterocycles. The lowest BCUT2D eigenvalue weighted by atomic mass is 9.72. The van der Waals surface area contributed by atoms with E-state index in [1.54, 1.807) is 0 Å². The van der Waals surface area contributed by atoms with E-state index in [2.05, 4.69) is 20.9 Å². The molecule has 16 atom stereocenters. The van der Waals surface area contributed by atoms with Gasteiger partial charge < -0.3 is 88.2 Å². The van der Waals surface area contributed by atoms with Crippen molar-refractivity contribution in [1.29, 1.82) is 0 Å². The van der Waals surface area contributed by atoms with Crippen LogP contribution in [0.15, 0.2) is 4.99 Å². The third-order valence-corrected chi connectivity index (χ3v) is 9.25. The maximum Gasteiger partial charge on any atom is 0.254 e. The van der Waals surface area contributed by atoms with Gasteiger partial charge in [0.2, 0.25) is 0 Å². The van der Waals surface area contributed by atoms with E-state index in [-0.39, 0.29) is 45.1 Å². The highest BCUT2D eigenvalue weighted by Crippen LogP contribution is 2.41. The van der Waals surface area contributed by atoms with Crippen molar-refractivity contribution in [2.45, 2.75) is 110 Å². The van der Waals surface area contributed by atoms with Crippen molar-refractivity contribution in [3.63, 3.8) is 0 Å². The van der Waals surface area contributed by atoms with E-state index >= 15 is 0 Å². The maximum atomic E-state index is 13.2. The van der Waals surface area contributed by atoms with E-state index in [0.29, 0.717) is 0 Å². The number of rotatable bonds is 11. The SMILES string of the molecule is CN[C@@H]1[C@@H](O)[C@@H](O[C@H]2[C@H](NC(=O)C3(O)CC3N=C(N)N)C[C@H](N)C([C@H]3O[C@H](CNCCO)[C@@H](O)[C@H](O)[C@H]3O)[C@@H]2O)OC[C@]1(C)O. The number of carbonyl (C=O) groups is 1. The van der Waals surface area contributed by atoms with Crippen molar-refractivity contribution in [3.8, 4) is 0 Å². The van der Waals surface area contributed by atoms with Crippen molar-refractivity contribution in [2.24, 2.45) is 28.1 Å². The first-order chi connectivity index (χ1) is 21.1. The van der Waals surface area contributed by atoms with Crippen LogP contribution in [-0.4, -0.2) is 177 Å². The molecule has 0 aromatic carbocycles. The standard InChI is InChI=1S/C26H49N7O12/c1-25(41)8-43-22(18(39)21(25)30-2)45-19-10(32-23(40)26(42)6-12(26)33-24(28)29)5-9(27)13(15(19)36)20-17(38)16(37)14(35)11(44-20)7-31-3-4-34/h9-22,30-31,34-39,41-42H,3-8,27H2,1-2H3,(H,32,40)(H4,28,29,33)/t9-,10+,11+,12?,13?,14+,15-,16-,17+,18+,19-,20+,21+,22+,25-,26?/m0/s1. The fraction of sp³-hybridized carbons (Fsp3) is 0.923. The molecule has 19 nitrogen and oxygen atoms in total. The zero-order valence-corrected chi connectivity index (χ0v) is 25.2. The minimum Gasteiger partial charge on any atom is -0.395 e. The van der Waals surface area contributed by atoms with Crippen LogP contribution in [0.25, 0.3) is 0 Å². The van der Waals surface area contributed by atoms with Crippen molar-refractivity contribution >= 4 is 11.9 Å². The number of nitrogens with one attached hydrogen (secondary N) is 3. The Labute approximate surface area is 259 Å². The average Bonchev–Trinajstić information content (AvgIpc) is 3.62. The molecule has 4 aliphatic rings. The van der Waals surface area contributed by atoms with Crippen LogP contribution in [0.4, 0.5) is 0 Å². The minimum atomic E-state index is -1.94. The van der Waals surface area contributed by atoms with E-state index in [0.717, 1.165) is 0 Å². The largest absolute Gasteiger partial charge is 0.395 e. The Morgan fingerprint density at radius 3 is 2.38 bits per heavy atom. The summed E-state index contributed by atoms with van der Waals surface area (Å²) in [4.78, 5) is 17.0. The number of likely N-dealkylation sites (N-methyl/N-ethyl adjacent to an activating group) is 1. The van der Waals surface area contributed by atoms with Crippen molar-refractivity contribution in [3.05, 3.63) is 0 Å². The molecule has 0 bridgehead atoms. The van der Waals surface area contributed by atoms with Gasteiger partial charge in [-0.3, -0.25) is 4.79 Å². The van der Waals surface area contributed by atoms with Crippen LogP contribution in [0.5, 0.6) is 0 Å². The highest BCUT2D eigenvalue weighted by Gasteiger charge is 2.62. The number of nitrogens with zero attached hydrogens (tertiary/aromatic N) is 1. The van der Waals surface area contributed by atoms with E-state index in [4.69, 9.17) is 36.5 Å². The Balaban J connectivity index is 1.60. The van der Waals surface area contributed by atoms with Gasteiger partial charge in [0.05, 0.1) is 49.7 Å². The first kappa shape index (κ1) is 36.0. The van der Waals surface area contributed by atoms with Crippen molar-refractivity contribution < 1.29 is 59.9 Å². The number of aliphatic hydroxyl groups excluding tert-OH is 6. The van der Waals surface area contributed by atoms with Crippen LogP contribution >= 0.6 is 0 Å². The molecule has 0 aromatic rings. The summed E-state index contributed by atoms with van der Waals surface area (Å²) in [5.41, 5.74) is 13.9. The predicted molar refractivity (Wildman–Crippen MR) is 154 cm³/mol. The summed E-state index contributed by atoms with van der Waals surface area (Å²) < 4.78 is 17.7. The quantitative estimate of drug-likeness (QED) is 0.0560. The van der Waals surface area contributed by atoms with E-state index < -0.39 is 102 Å². The van der Waals surface area contributed by atoms with Crippen LogP contribution in [0.3, 0.4) is 0 Å². The molecule has 4 fully saturated rings. The van der Waals surface area contributed by atoms with Crippen molar-refractivity contribution in [2.75, 3.05) is 33.4 Å². The number of nitrogens with two attached hydrogens (primary N) is 3. The smallest absolute Gasteiger partial charge is 0.254 e. The number of guanidine groups is 1. The van der Waals surface area contributed by atoms with Gasteiger partial charge in [0.15, 0.2) is 17.9 Å². The van der Waals surface area contributed by atoms with Gasteiger partial charge in [0.25, 0.3) is 5.91 Å². The molecule has 4 rings (SSSR count). The topological polar surface area (TPSA) is 333 Å². The van der Waals surface area contributed by atoms with Crippen LogP contribution in [0.2, 0.25) is 0 Å². The van der Waals surface area contributed by atoms with E-state index in [1.165, 1.54) is 14.0 Å². The molecular weight excluding hydrogens is 602 g/mol. The van der Waals surface area contributed by atoms with Crippen LogP contribution < -0.4 is 33.2 Å². The summed E-state index contributed by atoms with van der Waals surface area (Å²) >= 11 is 0. The predicted octanol–water partition coefficient (Wildman–Crippen LogP) is -8.17. The highest BCUT2D eigenvalue weighted by atomic mass is 16.7. The number of hydrogen-bond donors (Lipinski definition) is 14. The second kappa shape index (κ2) is 14.1. The Kier molecular flexibility index (Phi) is 11.3. The van der Waals surface area contributed by atoms with Gasteiger partial charge in [-0.25, -0.2) is 4.99 Å². The molecule has 45 heavy (non-hydrogen) atoms.